The molecule has 0 bridgehead atoms. The largest absolute Gasteiger partial charge is 0.480 e. The molecule has 22 heteroatoms. The van der Waals surface area contributed by atoms with Crippen LogP contribution in [0.2, 0.25) is 0 Å². The van der Waals surface area contributed by atoms with E-state index in [4.69, 9.17) is 19.3 Å². The molecule has 298 valence electrons. The molecular formula is C35H32N6O16. The van der Waals surface area contributed by atoms with Crippen LogP contribution in [-0.2, 0) is 32.1 Å². The van der Waals surface area contributed by atoms with E-state index in [1.54, 1.807) is 0 Å². The van der Waals surface area contributed by atoms with E-state index in [1.165, 1.54) is 6.92 Å². The Bertz CT molecular complexity index is 2040. The molecule has 0 saturated heterocycles. The van der Waals surface area contributed by atoms with Gasteiger partial charge in [-0.3, -0.25) is 54.8 Å². The van der Waals surface area contributed by atoms with Crippen molar-refractivity contribution in [2.75, 3.05) is 13.2 Å². The number of ketones is 1. The first-order chi connectivity index (χ1) is 27.0. The van der Waals surface area contributed by atoms with E-state index in [9.17, 15) is 59.6 Å². The van der Waals surface area contributed by atoms with Crippen LogP contribution in [0.4, 0.5) is 27.5 Å². The standard InChI is InChI=1S/C20H22N2O5.C15H10N4O11/c1-14(19(24)25)21-18(23)17(12-15-8-4-2-5-9-15)22-20(26)27-13-16-10-6-3-7-11-16;20-11(7-29-14-3-1-9(16(21)22)5-12(14)18(25)26)8-30-15-4-2-10(17(23)24)6-13(15)19(27)28/h2-11,14,17H,12-13H2,1H3,(H,21,23)(H,22,26)(H,24,25);1-6H,7-8H2/t14-,17-;/m0./s1. The minimum absolute atomic E-state index is 0.0673. The van der Waals surface area contributed by atoms with Gasteiger partial charge in [0.05, 0.1) is 31.8 Å². The number of nitrogens with one attached hydrogen (secondary N) is 2. The van der Waals surface area contributed by atoms with Crippen molar-refractivity contribution < 1.29 is 58.2 Å². The van der Waals surface area contributed by atoms with Gasteiger partial charge in [0, 0.05) is 18.6 Å². The Labute approximate surface area is 320 Å². The van der Waals surface area contributed by atoms with Crippen molar-refractivity contribution in [3.05, 3.63) is 149 Å². The maximum atomic E-state index is 12.4. The summed E-state index contributed by atoms with van der Waals surface area (Å²) in [6, 6.07) is 21.3. The van der Waals surface area contributed by atoms with Crippen LogP contribution in [0.15, 0.2) is 97.1 Å². The molecule has 0 aliphatic carbocycles. The normalized spacial score (nSPS) is 11.2. The summed E-state index contributed by atoms with van der Waals surface area (Å²) in [4.78, 5) is 87.3. The van der Waals surface area contributed by atoms with E-state index < -0.39 is 103 Å². The maximum absolute atomic E-state index is 12.4. The Balaban J connectivity index is 0.000000307. The monoisotopic (exact) mass is 792 g/mol. The maximum Gasteiger partial charge on any atom is 0.408 e. The molecule has 2 amide bonds. The molecule has 0 unspecified atom stereocenters. The van der Waals surface area contributed by atoms with Crippen molar-refractivity contribution in [3.8, 4) is 11.5 Å². The number of nitro groups is 4. The summed E-state index contributed by atoms with van der Waals surface area (Å²) >= 11 is 0. The average Bonchev–Trinajstić information content (AvgIpc) is 3.18. The first-order valence-electron chi connectivity index (χ1n) is 16.2. The van der Waals surface area contributed by atoms with Crippen molar-refractivity contribution in [1.29, 1.82) is 0 Å². The predicted octanol–water partition coefficient (Wildman–Crippen LogP) is 4.46. The lowest BCUT2D eigenvalue weighted by Crippen LogP contribution is -2.51. The number of carboxylic acid groups (broad SMARTS) is 1. The van der Waals surface area contributed by atoms with Gasteiger partial charge < -0.3 is 30.0 Å². The molecule has 0 fully saturated rings. The zero-order valence-corrected chi connectivity index (χ0v) is 29.6. The number of Topliss-reactive ketones (excluding diaryl/α,β-unsaturated/α-hetero) is 1. The average molecular weight is 793 g/mol. The van der Waals surface area contributed by atoms with E-state index in [2.05, 4.69) is 10.6 Å². The summed E-state index contributed by atoms with van der Waals surface area (Å²) in [5, 5.41) is 57.3. The fourth-order valence-electron chi connectivity index (χ4n) is 4.47. The summed E-state index contributed by atoms with van der Waals surface area (Å²) in [6.07, 6.45) is -0.544. The molecule has 0 aromatic heterocycles. The Hall–Kier alpha value is -8.04. The smallest absolute Gasteiger partial charge is 0.408 e. The van der Waals surface area contributed by atoms with Crippen LogP contribution in [0.25, 0.3) is 0 Å². The first kappa shape index (κ1) is 43.4. The summed E-state index contributed by atoms with van der Waals surface area (Å²) < 4.78 is 15.1. The number of amides is 2. The molecule has 57 heavy (non-hydrogen) atoms. The molecule has 0 aliphatic rings. The molecule has 0 heterocycles. The SMILES string of the molecule is C[C@H](NC(=O)[C@H](Cc1ccccc1)NC(=O)OCc1ccccc1)C(=O)O.O=C(COc1ccc([N+](=O)[O-])cc1[N+](=O)[O-])COc1ccc([N+](=O)[O-])cc1[N+](=O)[O-]. The van der Waals surface area contributed by atoms with Crippen LogP contribution < -0.4 is 20.1 Å². The second-order valence-electron chi connectivity index (χ2n) is 11.5. The summed E-state index contributed by atoms with van der Waals surface area (Å²) in [5.74, 6) is -3.34. The number of carbonyl (C=O) groups is 4. The number of hydrogen-bond donors (Lipinski definition) is 3. The van der Waals surface area contributed by atoms with Crippen molar-refractivity contribution in [3.63, 3.8) is 0 Å². The summed E-state index contributed by atoms with van der Waals surface area (Å²) in [6.45, 7) is -0.0513. The second kappa shape index (κ2) is 21.0. The summed E-state index contributed by atoms with van der Waals surface area (Å²) in [5.41, 5.74) is -0.920. The van der Waals surface area contributed by atoms with Gasteiger partial charge in [-0.25, -0.2) is 4.79 Å². The highest BCUT2D eigenvalue weighted by atomic mass is 16.6. The number of benzene rings is 4. The van der Waals surface area contributed by atoms with Crippen molar-refractivity contribution in [1.82, 2.24) is 10.6 Å². The Morgan fingerprint density at radius 1 is 0.649 bits per heavy atom. The van der Waals surface area contributed by atoms with E-state index in [0.717, 1.165) is 35.4 Å². The van der Waals surface area contributed by atoms with Crippen LogP contribution in [0.1, 0.15) is 18.1 Å². The number of nitrogens with zero attached hydrogens (tertiary/aromatic N) is 4. The Morgan fingerprint density at radius 2 is 1.11 bits per heavy atom. The minimum atomic E-state index is -1.16. The highest BCUT2D eigenvalue weighted by Crippen LogP contribution is 2.32. The number of carbonyl (C=O) groups excluding carboxylic acids is 3. The van der Waals surface area contributed by atoms with Gasteiger partial charge in [0.2, 0.25) is 11.7 Å². The quantitative estimate of drug-likeness (QED) is 0.0925. The Kier molecular flexibility index (Phi) is 16.0. The van der Waals surface area contributed by atoms with Gasteiger partial charge >= 0.3 is 23.4 Å². The minimum Gasteiger partial charge on any atom is -0.480 e. The number of ether oxygens (including phenoxy) is 3. The van der Waals surface area contributed by atoms with E-state index in [-0.39, 0.29) is 13.0 Å². The molecule has 3 N–H and O–H groups in total. The van der Waals surface area contributed by atoms with Crippen LogP contribution >= 0.6 is 0 Å². The lowest BCUT2D eigenvalue weighted by molar-refractivity contribution is -0.395. The molecule has 2 atom stereocenters. The van der Waals surface area contributed by atoms with E-state index in [1.807, 2.05) is 60.7 Å². The molecule has 22 nitrogen and oxygen atoms in total. The predicted molar refractivity (Wildman–Crippen MR) is 194 cm³/mol. The fraction of sp³-hybridized carbons (Fsp3) is 0.200. The highest BCUT2D eigenvalue weighted by Gasteiger charge is 2.26. The number of nitro benzene ring substituents is 4. The number of hydrogen-bond acceptors (Lipinski definition) is 15. The number of rotatable bonds is 18. The van der Waals surface area contributed by atoms with Gasteiger partial charge in [-0.2, -0.15) is 0 Å². The van der Waals surface area contributed by atoms with Crippen LogP contribution in [-0.4, -0.2) is 73.9 Å². The third-order valence-electron chi connectivity index (χ3n) is 7.31. The lowest BCUT2D eigenvalue weighted by Gasteiger charge is -2.20. The second-order valence-corrected chi connectivity index (χ2v) is 11.5. The van der Waals surface area contributed by atoms with Gasteiger partial charge in [-0.05, 0) is 30.2 Å². The van der Waals surface area contributed by atoms with Crippen LogP contribution in [0, 0.1) is 40.5 Å². The van der Waals surface area contributed by atoms with E-state index >= 15 is 0 Å². The summed E-state index contributed by atoms with van der Waals surface area (Å²) in [7, 11) is 0. The van der Waals surface area contributed by atoms with Gasteiger partial charge in [0.1, 0.15) is 18.7 Å². The molecular weight excluding hydrogens is 760 g/mol. The van der Waals surface area contributed by atoms with Gasteiger partial charge in [0.15, 0.2) is 24.7 Å². The highest BCUT2D eigenvalue weighted by molar-refractivity contribution is 5.89. The topological polar surface area (TPSA) is 313 Å². The molecule has 0 spiro atoms. The molecule has 4 aromatic rings. The molecule has 0 radical (unpaired) electrons. The van der Waals surface area contributed by atoms with Gasteiger partial charge in [-0.15, -0.1) is 0 Å². The third kappa shape index (κ3) is 14.0. The Morgan fingerprint density at radius 3 is 1.53 bits per heavy atom. The fourth-order valence-corrected chi connectivity index (χ4v) is 4.47. The zero-order chi connectivity index (χ0) is 42.1. The number of non-ortho nitro benzene ring substituents is 2. The number of aliphatic carboxylic acids is 1. The first-order valence-corrected chi connectivity index (χ1v) is 16.2. The number of alkyl carbamates (subject to hydrolysis) is 1. The molecule has 4 aromatic carbocycles. The van der Waals surface area contributed by atoms with Gasteiger partial charge in [0.25, 0.3) is 11.4 Å². The lowest BCUT2D eigenvalue weighted by atomic mass is 10.1. The van der Waals surface area contributed by atoms with Crippen molar-refractivity contribution in [2.45, 2.75) is 32.0 Å². The van der Waals surface area contributed by atoms with Crippen molar-refractivity contribution in [2.24, 2.45) is 0 Å². The molecule has 4 rings (SSSR count). The van der Waals surface area contributed by atoms with Crippen LogP contribution in [0.3, 0.4) is 0 Å². The van der Waals surface area contributed by atoms with Crippen molar-refractivity contribution >= 4 is 46.5 Å². The molecule has 0 aliphatic heterocycles. The van der Waals surface area contributed by atoms with Gasteiger partial charge in [-0.1, -0.05) is 60.7 Å². The number of carboxylic acids is 1. The molecule has 0 saturated carbocycles. The third-order valence-corrected chi connectivity index (χ3v) is 7.31. The van der Waals surface area contributed by atoms with Crippen LogP contribution in [0.5, 0.6) is 11.5 Å². The van der Waals surface area contributed by atoms with E-state index in [0.29, 0.717) is 12.1 Å². The zero-order valence-electron chi connectivity index (χ0n) is 29.6.